The van der Waals surface area contributed by atoms with Crippen LogP contribution in [-0.2, 0) is 20.8 Å². The maximum absolute atomic E-state index is 12.2. The molecule has 0 unspecified atom stereocenters. The van der Waals surface area contributed by atoms with E-state index in [0.29, 0.717) is 17.0 Å². The maximum Gasteiger partial charge on any atom is 0.355 e. The first-order valence-electron chi connectivity index (χ1n) is 8.21. The van der Waals surface area contributed by atoms with Gasteiger partial charge in [0.25, 0.3) is 5.91 Å². The topological polar surface area (TPSA) is 107 Å². The Morgan fingerprint density at radius 3 is 2.52 bits per heavy atom. The van der Waals surface area contributed by atoms with Gasteiger partial charge in [-0.25, -0.2) is 9.59 Å². The summed E-state index contributed by atoms with van der Waals surface area (Å²) in [4.78, 5) is 38.7. The molecule has 0 saturated heterocycles. The van der Waals surface area contributed by atoms with Gasteiger partial charge in [-0.15, -0.1) is 0 Å². The lowest BCUT2D eigenvalue weighted by Crippen LogP contribution is -2.28. The lowest BCUT2D eigenvalue weighted by atomic mass is 10.1. The Hall–Kier alpha value is -3.29. The third-order valence-corrected chi connectivity index (χ3v) is 3.99. The highest BCUT2D eigenvalue weighted by atomic mass is 16.5. The monoisotopic (exact) mass is 374 g/mol. The van der Waals surface area contributed by atoms with Crippen molar-refractivity contribution in [2.75, 3.05) is 20.8 Å². The number of aromatic amines is 1. The summed E-state index contributed by atoms with van der Waals surface area (Å²) in [6.45, 7) is 3.10. The van der Waals surface area contributed by atoms with Gasteiger partial charge in [-0.1, -0.05) is 12.1 Å². The largest absolute Gasteiger partial charge is 0.497 e. The number of aryl methyl sites for hydroxylation is 1. The molecule has 1 aromatic carbocycles. The Morgan fingerprint density at radius 2 is 1.85 bits per heavy atom. The van der Waals surface area contributed by atoms with Gasteiger partial charge >= 0.3 is 11.9 Å². The number of rotatable bonds is 7. The number of carbonyl (C=O) groups excluding carboxylic acids is 3. The van der Waals surface area contributed by atoms with Gasteiger partial charge in [-0.3, -0.25) is 4.79 Å². The Kier molecular flexibility index (Phi) is 6.59. The molecule has 0 fully saturated rings. The van der Waals surface area contributed by atoms with Gasteiger partial charge in [0, 0.05) is 12.2 Å². The second-order valence-corrected chi connectivity index (χ2v) is 5.82. The van der Waals surface area contributed by atoms with Crippen LogP contribution in [0.2, 0.25) is 0 Å². The molecule has 2 aromatic rings. The summed E-state index contributed by atoms with van der Waals surface area (Å²) in [5.41, 5.74) is 2.17. The Labute approximate surface area is 156 Å². The van der Waals surface area contributed by atoms with Crippen LogP contribution in [0.25, 0.3) is 0 Å². The molecule has 0 aliphatic rings. The van der Waals surface area contributed by atoms with Crippen molar-refractivity contribution in [2.45, 2.75) is 20.4 Å². The fraction of sp³-hybridized carbons (Fsp3) is 0.316. The number of benzene rings is 1. The molecule has 1 amide bonds. The van der Waals surface area contributed by atoms with Gasteiger partial charge in [0.05, 0.1) is 19.8 Å². The lowest BCUT2D eigenvalue weighted by Gasteiger charge is -2.08. The standard InChI is InChI=1S/C19H22N2O6/c1-11-16(18(23)26-4)12(2)21-17(11)19(24)27-10-15(22)20-9-13-6-5-7-14(8-13)25-3/h5-8,21H,9-10H2,1-4H3,(H,20,22). The summed E-state index contributed by atoms with van der Waals surface area (Å²) in [5.74, 6) is -1.02. The van der Waals surface area contributed by atoms with Crippen LogP contribution in [0, 0.1) is 13.8 Å². The molecule has 2 N–H and O–H groups in total. The van der Waals surface area contributed by atoms with Crippen LogP contribution < -0.4 is 10.1 Å². The number of ether oxygens (including phenoxy) is 3. The molecule has 1 heterocycles. The average Bonchev–Trinajstić information content (AvgIpc) is 2.98. The molecule has 0 aliphatic carbocycles. The van der Waals surface area contributed by atoms with Crippen LogP contribution in [0.1, 0.15) is 37.7 Å². The summed E-state index contributed by atoms with van der Waals surface area (Å²) >= 11 is 0. The van der Waals surface area contributed by atoms with E-state index in [4.69, 9.17) is 14.2 Å². The molecule has 0 spiro atoms. The number of carbonyl (C=O) groups is 3. The second kappa shape index (κ2) is 8.88. The summed E-state index contributed by atoms with van der Waals surface area (Å²) in [7, 11) is 2.83. The number of methoxy groups -OCH3 is 2. The van der Waals surface area contributed by atoms with Gasteiger partial charge in [0.15, 0.2) is 6.61 Å². The number of hydrogen-bond acceptors (Lipinski definition) is 6. The fourth-order valence-corrected chi connectivity index (χ4v) is 2.60. The van der Waals surface area contributed by atoms with Gasteiger partial charge in [0.1, 0.15) is 11.4 Å². The second-order valence-electron chi connectivity index (χ2n) is 5.82. The highest BCUT2D eigenvalue weighted by Gasteiger charge is 2.23. The van der Waals surface area contributed by atoms with Crippen molar-refractivity contribution in [1.29, 1.82) is 0 Å². The van der Waals surface area contributed by atoms with Gasteiger partial charge in [-0.05, 0) is 37.1 Å². The molecular formula is C19H22N2O6. The van der Waals surface area contributed by atoms with E-state index >= 15 is 0 Å². The SMILES string of the molecule is COC(=O)c1c(C)[nH]c(C(=O)OCC(=O)NCc2cccc(OC)c2)c1C. The van der Waals surface area contributed by atoms with E-state index < -0.39 is 24.5 Å². The van der Waals surface area contributed by atoms with Crippen molar-refractivity contribution < 1.29 is 28.6 Å². The van der Waals surface area contributed by atoms with E-state index in [1.54, 1.807) is 33.1 Å². The fourth-order valence-electron chi connectivity index (χ4n) is 2.60. The Bertz CT molecular complexity index is 856. The first-order chi connectivity index (χ1) is 12.9. The third kappa shape index (κ3) is 4.87. The first-order valence-corrected chi connectivity index (χ1v) is 8.21. The minimum atomic E-state index is -0.720. The number of hydrogen-bond donors (Lipinski definition) is 2. The van der Waals surface area contributed by atoms with Gasteiger partial charge in [0.2, 0.25) is 0 Å². The molecule has 2 rings (SSSR count). The molecular weight excluding hydrogens is 352 g/mol. The predicted molar refractivity (Wildman–Crippen MR) is 96.7 cm³/mol. The van der Waals surface area contributed by atoms with E-state index in [1.165, 1.54) is 7.11 Å². The number of aromatic nitrogens is 1. The van der Waals surface area contributed by atoms with E-state index in [9.17, 15) is 14.4 Å². The average molecular weight is 374 g/mol. The van der Waals surface area contributed by atoms with Crippen LogP contribution in [0.5, 0.6) is 5.75 Å². The summed E-state index contributed by atoms with van der Waals surface area (Å²) in [6.07, 6.45) is 0. The molecule has 8 nitrogen and oxygen atoms in total. The number of amides is 1. The van der Waals surface area contributed by atoms with Crippen LogP contribution in [0.4, 0.5) is 0 Å². The highest BCUT2D eigenvalue weighted by Crippen LogP contribution is 2.19. The molecule has 0 radical (unpaired) electrons. The van der Waals surface area contributed by atoms with Gasteiger partial charge < -0.3 is 24.5 Å². The number of H-pyrrole nitrogens is 1. The van der Waals surface area contributed by atoms with Crippen LogP contribution in [0.3, 0.4) is 0 Å². The molecule has 0 saturated carbocycles. The minimum absolute atomic E-state index is 0.119. The summed E-state index contributed by atoms with van der Waals surface area (Å²) in [6, 6.07) is 7.26. The molecule has 144 valence electrons. The summed E-state index contributed by atoms with van der Waals surface area (Å²) in [5, 5.41) is 2.66. The van der Waals surface area contributed by atoms with E-state index in [0.717, 1.165) is 5.56 Å². The molecule has 1 aromatic heterocycles. The van der Waals surface area contributed by atoms with Crippen molar-refractivity contribution in [2.24, 2.45) is 0 Å². The van der Waals surface area contributed by atoms with Gasteiger partial charge in [-0.2, -0.15) is 0 Å². The van der Waals surface area contributed by atoms with Crippen molar-refractivity contribution in [3.8, 4) is 5.75 Å². The third-order valence-electron chi connectivity index (χ3n) is 3.99. The Morgan fingerprint density at radius 1 is 1.11 bits per heavy atom. The van der Waals surface area contributed by atoms with Crippen LogP contribution in [0.15, 0.2) is 24.3 Å². The lowest BCUT2D eigenvalue weighted by molar-refractivity contribution is -0.124. The van der Waals surface area contributed by atoms with Crippen molar-refractivity contribution in [3.05, 3.63) is 52.3 Å². The van der Waals surface area contributed by atoms with Crippen molar-refractivity contribution >= 4 is 17.8 Å². The quantitative estimate of drug-likeness (QED) is 0.717. The molecule has 0 bridgehead atoms. The number of nitrogens with one attached hydrogen (secondary N) is 2. The summed E-state index contributed by atoms with van der Waals surface area (Å²) < 4.78 is 14.8. The smallest absolute Gasteiger partial charge is 0.355 e. The zero-order valence-electron chi connectivity index (χ0n) is 15.7. The maximum atomic E-state index is 12.2. The predicted octanol–water partition coefficient (Wildman–Crippen LogP) is 1.90. The molecule has 0 atom stereocenters. The van der Waals surface area contributed by atoms with Crippen molar-refractivity contribution in [3.63, 3.8) is 0 Å². The zero-order valence-corrected chi connectivity index (χ0v) is 15.7. The van der Waals surface area contributed by atoms with Crippen LogP contribution in [-0.4, -0.2) is 43.7 Å². The first kappa shape index (κ1) is 20.0. The van der Waals surface area contributed by atoms with E-state index in [1.807, 2.05) is 12.1 Å². The molecule has 27 heavy (non-hydrogen) atoms. The minimum Gasteiger partial charge on any atom is -0.497 e. The van der Waals surface area contributed by atoms with Crippen molar-refractivity contribution in [1.82, 2.24) is 10.3 Å². The van der Waals surface area contributed by atoms with E-state index in [-0.39, 0.29) is 17.8 Å². The van der Waals surface area contributed by atoms with E-state index in [2.05, 4.69) is 10.3 Å². The number of esters is 2. The van der Waals surface area contributed by atoms with Crippen LogP contribution >= 0.6 is 0 Å². The zero-order chi connectivity index (χ0) is 20.0. The molecule has 8 heteroatoms. The molecule has 0 aliphatic heterocycles. The normalized spacial score (nSPS) is 10.2. The highest BCUT2D eigenvalue weighted by molar-refractivity contribution is 5.99. The Balaban J connectivity index is 1.91.